The maximum atomic E-state index is 4.50. The van der Waals surface area contributed by atoms with Gasteiger partial charge in [0.25, 0.3) is 0 Å². The van der Waals surface area contributed by atoms with E-state index in [1.165, 1.54) is 16.8 Å². The van der Waals surface area contributed by atoms with E-state index < -0.39 is 0 Å². The molecule has 0 fully saturated rings. The van der Waals surface area contributed by atoms with E-state index in [2.05, 4.69) is 73.1 Å². The van der Waals surface area contributed by atoms with Gasteiger partial charge in [-0.1, -0.05) is 24.3 Å². The van der Waals surface area contributed by atoms with Crippen molar-refractivity contribution >= 4 is 0 Å². The highest BCUT2D eigenvalue weighted by atomic mass is 15.3. The van der Waals surface area contributed by atoms with Crippen LogP contribution in [-0.2, 0) is 13.1 Å². The van der Waals surface area contributed by atoms with Gasteiger partial charge in [-0.25, -0.2) is 0 Å². The number of hydrogen-bond acceptors (Lipinski definition) is 2. The Balaban J connectivity index is 2.00. The summed E-state index contributed by atoms with van der Waals surface area (Å²) in [5, 5.41) is 8.00. The van der Waals surface area contributed by atoms with Crippen molar-refractivity contribution in [2.24, 2.45) is 0 Å². The minimum atomic E-state index is 0.155. The predicted octanol–water partition coefficient (Wildman–Crippen LogP) is 3.44. The van der Waals surface area contributed by atoms with Gasteiger partial charge in [-0.15, -0.1) is 0 Å². The lowest BCUT2D eigenvalue weighted by Gasteiger charge is -2.20. The maximum Gasteiger partial charge on any atom is 0.0662 e. The first kappa shape index (κ1) is 14.8. The second-order valence-electron chi connectivity index (χ2n) is 6.50. The average molecular weight is 271 g/mol. The molecule has 1 N–H and O–H groups in total. The molecule has 0 radical (unpaired) electrons. The van der Waals surface area contributed by atoms with Crippen LogP contribution in [0.2, 0.25) is 0 Å². The van der Waals surface area contributed by atoms with Gasteiger partial charge in [0.15, 0.2) is 0 Å². The van der Waals surface area contributed by atoms with Crippen molar-refractivity contribution in [2.45, 2.75) is 53.2 Å². The van der Waals surface area contributed by atoms with Gasteiger partial charge in [0.1, 0.15) is 0 Å². The number of nitrogens with one attached hydrogen (secondary N) is 1. The fourth-order valence-electron chi connectivity index (χ4n) is 2.14. The van der Waals surface area contributed by atoms with Gasteiger partial charge in [0, 0.05) is 17.8 Å². The van der Waals surface area contributed by atoms with Crippen molar-refractivity contribution in [1.82, 2.24) is 15.1 Å². The lowest BCUT2D eigenvalue weighted by molar-refractivity contribution is 0.424. The van der Waals surface area contributed by atoms with Gasteiger partial charge in [-0.3, -0.25) is 4.68 Å². The molecule has 2 rings (SSSR count). The van der Waals surface area contributed by atoms with Crippen molar-refractivity contribution in [3.05, 3.63) is 52.8 Å². The number of aromatic nitrogens is 2. The Kier molecular flexibility index (Phi) is 4.29. The van der Waals surface area contributed by atoms with E-state index >= 15 is 0 Å². The zero-order valence-corrected chi connectivity index (χ0v) is 13.2. The molecule has 20 heavy (non-hydrogen) atoms. The minimum Gasteiger partial charge on any atom is -0.308 e. The second kappa shape index (κ2) is 5.80. The van der Waals surface area contributed by atoms with Crippen LogP contribution >= 0.6 is 0 Å². The smallest absolute Gasteiger partial charge is 0.0662 e. The van der Waals surface area contributed by atoms with E-state index in [4.69, 9.17) is 0 Å². The Bertz CT molecular complexity index is 559. The summed E-state index contributed by atoms with van der Waals surface area (Å²) in [4.78, 5) is 0. The molecule has 0 saturated heterocycles. The number of hydrogen-bond donors (Lipinski definition) is 1. The standard InChI is InChI=1S/C17H25N3/c1-13-10-14(2)20(19-13)12-16-8-6-15(7-9-16)11-18-17(3,4)5/h6-10,18H,11-12H2,1-5H3. The van der Waals surface area contributed by atoms with Crippen LogP contribution in [-0.4, -0.2) is 15.3 Å². The van der Waals surface area contributed by atoms with Gasteiger partial charge in [-0.2, -0.15) is 5.10 Å². The van der Waals surface area contributed by atoms with Crippen molar-refractivity contribution in [2.75, 3.05) is 0 Å². The van der Waals surface area contributed by atoms with Crippen LogP contribution < -0.4 is 5.32 Å². The second-order valence-corrected chi connectivity index (χ2v) is 6.50. The number of benzene rings is 1. The molecule has 1 aromatic carbocycles. The van der Waals surface area contributed by atoms with Crippen LogP contribution in [0.15, 0.2) is 30.3 Å². The molecular weight excluding hydrogens is 246 g/mol. The fraction of sp³-hybridized carbons (Fsp3) is 0.471. The van der Waals surface area contributed by atoms with Crippen LogP contribution in [0.1, 0.15) is 43.3 Å². The molecule has 108 valence electrons. The molecule has 0 amide bonds. The summed E-state index contributed by atoms with van der Waals surface area (Å²) >= 11 is 0. The Hall–Kier alpha value is -1.61. The molecule has 0 saturated carbocycles. The third kappa shape index (κ3) is 4.20. The van der Waals surface area contributed by atoms with Crippen molar-refractivity contribution < 1.29 is 0 Å². The lowest BCUT2D eigenvalue weighted by Crippen LogP contribution is -2.35. The SMILES string of the molecule is Cc1cc(C)n(Cc2ccc(CNC(C)(C)C)cc2)n1. The molecule has 0 aliphatic rings. The van der Waals surface area contributed by atoms with Crippen molar-refractivity contribution in [3.8, 4) is 0 Å². The highest BCUT2D eigenvalue weighted by molar-refractivity contribution is 5.23. The fourth-order valence-corrected chi connectivity index (χ4v) is 2.14. The number of aryl methyl sites for hydroxylation is 2. The Morgan fingerprint density at radius 2 is 1.65 bits per heavy atom. The molecule has 0 aliphatic heterocycles. The predicted molar refractivity (Wildman–Crippen MR) is 83.8 cm³/mol. The summed E-state index contributed by atoms with van der Waals surface area (Å²) in [5.74, 6) is 0. The Morgan fingerprint density at radius 3 is 2.15 bits per heavy atom. The first-order valence-electron chi connectivity index (χ1n) is 7.17. The molecular formula is C17H25N3. The molecule has 0 bridgehead atoms. The van der Waals surface area contributed by atoms with Gasteiger partial charge >= 0.3 is 0 Å². The first-order valence-corrected chi connectivity index (χ1v) is 7.17. The average Bonchev–Trinajstić information content (AvgIpc) is 2.66. The maximum absolute atomic E-state index is 4.50. The van der Waals surface area contributed by atoms with Crippen LogP contribution in [0, 0.1) is 13.8 Å². The van der Waals surface area contributed by atoms with Crippen molar-refractivity contribution in [1.29, 1.82) is 0 Å². The van der Waals surface area contributed by atoms with Crippen molar-refractivity contribution in [3.63, 3.8) is 0 Å². The minimum absolute atomic E-state index is 0.155. The Morgan fingerprint density at radius 1 is 1.05 bits per heavy atom. The van der Waals surface area contributed by atoms with E-state index in [9.17, 15) is 0 Å². The summed E-state index contributed by atoms with van der Waals surface area (Å²) in [6.07, 6.45) is 0. The van der Waals surface area contributed by atoms with Crippen LogP contribution in [0.4, 0.5) is 0 Å². The molecule has 0 atom stereocenters. The molecule has 1 heterocycles. The molecule has 2 aromatic rings. The molecule has 3 heteroatoms. The number of nitrogens with zero attached hydrogens (tertiary/aromatic N) is 2. The third-order valence-corrected chi connectivity index (χ3v) is 3.28. The van der Waals surface area contributed by atoms with Crippen LogP contribution in [0.25, 0.3) is 0 Å². The zero-order chi connectivity index (χ0) is 14.8. The van der Waals surface area contributed by atoms with Crippen LogP contribution in [0.3, 0.4) is 0 Å². The summed E-state index contributed by atoms with van der Waals surface area (Å²) < 4.78 is 2.05. The highest BCUT2D eigenvalue weighted by Gasteiger charge is 2.08. The summed E-state index contributed by atoms with van der Waals surface area (Å²) in [7, 11) is 0. The molecule has 0 aliphatic carbocycles. The Labute approximate surface area is 122 Å². The number of rotatable bonds is 4. The zero-order valence-electron chi connectivity index (χ0n) is 13.2. The molecule has 0 unspecified atom stereocenters. The summed E-state index contributed by atoms with van der Waals surface area (Å²) in [6, 6.07) is 10.9. The molecule has 0 spiro atoms. The van der Waals surface area contributed by atoms with Gasteiger partial charge < -0.3 is 5.32 Å². The third-order valence-electron chi connectivity index (χ3n) is 3.28. The topological polar surface area (TPSA) is 29.9 Å². The quantitative estimate of drug-likeness (QED) is 0.923. The van der Waals surface area contributed by atoms with Gasteiger partial charge in [0.05, 0.1) is 12.2 Å². The lowest BCUT2D eigenvalue weighted by atomic mass is 10.1. The summed E-state index contributed by atoms with van der Waals surface area (Å²) in [5.41, 5.74) is 5.05. The van der Waals surface area contributed by atoms with Gasteiger partial charge in [0.2, 0.25) is 0 Å². The van der Waals surface area contributed by atoms with Crippen LogP contribution in [0.5, 0.6) is 0 Å². The van der Waals surface area contributed by atoms with E-state index in [1.807, 2.05) is 6.92 Å². The van der Waals surface area contributed by atoms with E-state index in [-0.39, 0.29) is 5.54 Å². The monoisotopic (exact) mass is 271 g/mol. The summed E-state index contributed by atoms with van der Waals surface area (Å²) in [6.45, 7) is 12.4. The highest BCUT2D eigenvalue weighted by Crippen LogP contribution is 2.10. The van der Waals surface area contributed by atoms with Gasteiger partial charge in [-0.05, 0) is 51.8 Å². The largest absolute Gasteiger partial charge is 0.308 e. The molecule has 1 aromatic heterocycles. The first-order chi connectivity index (χ1) is 9.33. The normalized spacial score (nSPS) is 11.8. The van der Waals surface area contributed by atoms with E-state index in [0.717, 1.165) is 18.8 Å². The molecule has 3 nitrogen and oxygen atoms in total. The van der Waals surface area contributed by atoms with E-state index in [0.29, 0.717) is 0 Å². The van der Waals surface area contributed by atoms with E-state index in [1.54, 1.807) is 0 Å².